The summed E-state index contributed by atoms with van der Waals surface area (Å²) in [4.78, 5) is 0.0954. The molecule has 2 aromatic carbocycles. The second-order valence-electron chi connectivity index (χ2n) is 10.4. The molecule has 0 aromatic heterocycles. The van der Waals surface area contributed by atoms with Crippen molar-refractivity contribution in [1.82, 2.24) is 0 Å². The van der Waals surface area contributed by atoms with Gasteiger partial charge >= 0.3 is 0 Å². The van der Waals surface area contributed by atoms with Gasteiger partial charge in [0.2, 0.25) is 0 Å². The van der Waals surface area contributed by atoms with Gasteiger partial charge < -0.3 is 0 Å². The van der Waals surface area contributed by atoms with Gasteiger partial charge in [-0.2, -0.15) is 8.42 Å². The summed E-state index contributed by atoms with van der Waals surface area (Å²) < 4.78 is 33.8. The number of fused-ring (bicyclic) bond motifs is 1. The number of benzene rings is 2. The van der Waals surface area contributed by atoms with Crippen LogP contribution in [0, 0.1) is 0 Å². The van der Waals surface area contributed by atoms with Crippen molar-refractivity contribution in [2.24, 2.45) is 0 Å². The third-order valence-electron chi connectivity index (χ3n) is 7.27. The fraction of sp³-hybridized carbons (Fsp3) is 0.677. The Hall–Kier alpha value is -1.39. The Morgan fingerprint density at radius 3 is 1.46 bits per heavy atom. The molecule has 0 saturated carbocycles. The highest BCUT2D eigenvalue weighted by molar-refractivity contribution is 7.86. The van der Waals surface area contributed by atoms with E-state index in [-0.39, 0.29) is 4.90 Å². The fourth-order valence-corrected chi connectivity index (χ4v) is 6.15. The second kappa shape index (κ2) is 17.9. The second-order valence-corrected chi connectivity index (χ2v) is 11.7. The molecule has 2 aromatic rings. The summed E-state index contributed by atoms with van der Waals surface area (Å²) in [7, 11) is -4.24. The predicted molar refractivity (Wildman–Crippen MR) is 151 cm³/mol. The molecule has 2 rings (SSSR count). The van der Waals surface area contributed by atoms with Gasteiger partial charge in [0.1, 0.15) is 4.90 Å². The van der Waals surface area contributed by atoms with E-state index in [1.165, 1.54) is 109 Å². The van der Waals surface area contributed by atoms with Crippen LogP contribution in [0.2, 0.25) is 0 Å². The number of aryl methyl sites for hydroxylation is 1. The zero-order valence-electron chi connectivity index (χ0n) is 22.3. The molecule has 0 aliphatic carbocycles. The van der Waals surface area contributed by atoms with Crippen LogP contribution in [0.25, 0.3) is 10.8 Å². The summed E-state index contributed by atoms with van der Waals surface area (Å²) in [6, 6.07) is 11.2. The van der Waals surface area contributed by atoms with Crippen LogP contribution in [-0.2, 0) is 16.5 Å². The molecule has 4 heteroatoms. The van der Waals surface area contributed by atoms with Crippen molar-refractivity contribution in [3.8, 4) is 0 Å². The molecule has 198 valence electrons. The Morgan fingerprint density at radius 2 is 1.00 bits per heavy atom. The van der Waals surface area contributed by atoms with Gasteiger partial charge in [-0.1, -0.05) is 159 Å². The van der Waals surface area contributed by atoms with Gasteiger partial charge in [0.25, 0.3) is 10.1 Å². The lowest BCUT2D eigenvalue weighted by Crippen LogP contribution is -2.04. The van der Waals surface area contributed by atoms with E-state index in [2.05, 4.69) is 6.92 Å². The molecule has 35 heavy (non-hydrogen) atoms. The maximum Gasteiger partial charge on any atom is 0.295 e. The molecule has 0 radical (unpaired) electrons. The molecule has 0 atom stereocenters. The largest absolute Gasteiger partial charge is 0.295 e. The van der Waals surface area contributed by atoms with Gasteiger partial charge in [-0.3, -0.25) is 4.55 Å². The lowest BCUT2D eigenvalue weighted by atomic mass is 10.0. The van der Waals surface area contributed by atoms with Crippen molar-refractivity contribution in [3.63, 3.8) is 0 Å². The maximum atomic E-state index is 12.0. The minimum Gasteiger partial charge on any atom is -0.282 e. The normalized spacial score (nSPS) is 11.9. The van der Waals surface area contributed by atoms with E-state index in [9.17, 15) is 13.0 Å². The average molecular weight is 503 g/mol. The van der Waals surface area contributed by atoms with Gasteiger partial charge in [0.05, 0.1) is 0 Å². The molecule has 0 heterocycles. The van der Waals surface area contributed by atoms with Crippen LogP contribution in [0.5, 0.6) is 0 Å². The summed E-state index contributed by atoms with van der Waals surface area (Å²) in [5.74, 6) is 0. The molecule has 0 aliphatic rings. The van der Waals surface area contributed by atoms with Crippen molar-refractivity contribution in [2.75, 3.05) is 0 Å². The number of hydrogen-bond acceptors (Lipinski definition) is 2. The van der Waals surface area contributed by atoms with E-state index in [0.29, 0.717) is 11.8 Å². The summed E-state index contributed by atoms with van der Waals surface area (Å²) in [5, 5.41) is 1.46. The Balaban J connectivity index is 1.46. The first-order valence-electron chi connectivity index (χ1n) is 14.5. The standard InChI is InChI=1S/C31H50O3S/c1-2-3-4-5-6-7-8-9-10-11-12-13-14-15-16-17-18-19-20-24-29-27-26-28-23-21-22-25-30(28)31(29)35(32,33)34/h21-23,25-27H,2-20,24H2,1H3,(H,32,33,34). The van der Waals surface area contributed by atoms with Crippen molar-refractivity contribution in [2.45, 2.75) is 140 Å². The van der Waals surface area contributed by atoms with Crippen LogP contribution in [-0.4, -0.2) is 13.0 Å². The molecule has 0 spiro atoms. The summed E-state index contributed by atoms with van der Waals surface area (Å²) in [6.45, 7) is 2.28. The molecule has 0 bridgehead atoms. The molecular formula is C31H50O3S. The van der Waals surface area contributed by atoms with Crippen LogP contribution >= 0.6 is 0 Å². The zero-order chi connectivity index (χ0) is 25.2. The highest BCUT2D eigenvalue weighted by Gasteiger charge is 2.18. The van der Waals surface area contributed by atoms with Crippen molar-refractivity contribution < 1.29 is 13.0 Å². The summed E-state index contributed by atoms with van der Waals surface area (Å²) in [6.07, 6.45) is 26.2. The number of hydrogen-bond donors (Lipinski definition) is 1. The Kier molecular flexibility index (Phi) is 15.3. The molecule has 0 aliphatic heterocycles. The summed E-state index contributed by atoms with van der Waals surface area (Å²) >= 11 is 0. The van der Waals surface area contributed by atoms with Crippen LogP contribution in [0.1, 0.15) is 134 Å². The highest BCUT2D eigenvalue weighted by atomic mass is 32.2. The quantitative estimate of drug-likeness (QED) is 0.136. The molecule has 0 fully saturated rings. The van der Waals surface area contributed by atoms with Crippen LogP contribution in [0.3, 0.4) is 0 Å². The van der Waals surface area contributed by atoms with Gasteiger partial charge in [-0.25, -0.2) is 0 Å². The van der Waals surface area contributed by atoms with Crippen LogP contribution in [0.15, 0.2) is 41.3 Å². The molecule has 0 saturated heterocycles. The zero-order valence-corrected chi connectivity index (χ0v) is 23.1. The minimum absolute atomic E-state index is 0.0954. The molecule has 0 unspecified atom stereocenters. The number of unbranched alkanes of at least 4 members (excludes halogenated alkanes) is 18. The van der Waals surface area contributed by atoms with Crippen LogP contribution in [0.4, 0.5) is 0 Å². The lowest BCUT2D eigenvalue weighted by Gasteiger charge is -2.11. The predicted octanol–water partition coefficient (Wildman–Crippen LogP) is 10.1. The third kappa shape index (κ3) is 12.4. The third-order valence-corrected chi connectivity index (χ3v) is 8.27. The van der Waals surface area contributed by atoms with Gasteiger partial charge in [0.15, 0.2) is 0 Å². The van der Waals surface area contributed by atoms with E-state index >= 15 is 0 Å². The van der Waals surface area contributed by atoms with E-state index < -0.39 is 10.1 Å². The van der Waals surface area contributed by atoms with Crippen molar-refractivity contribution >= 4 is 20.9 Å². The SMILES string of the molecule is CCCCCCCCCCCCCCCCCCCCCc1ccc2ccccc2c1S(=O)(=O)O. The first-order chi connectivity index (χ1) is 17.0. The topological polar surface area (TPSA) is 54.4 Å². The van der Waals surface area contributed by atoms with E-state index in [0.717, 1.165) is 23.8 Å². The average Bonchev–Trinajstić information content (AvgIpc) is 2.84. The molecule has 0 amide bonds. The van der Waals surface area contributed by atoms with Gasteiger partial charge in [-0.15, -0.1) is 0 Å². The maximum absolute atomic E-state index is 12.0. The summed E-state index contributed by atoms with van der Waals surface area (Å²) in [5.41, 5.74) is 0.734. The Morgan fingerprint density at radius 1 is 0.571 bits per heavy atom. The van der Waals surface area contributed by atoms with Crippen molar-refractivity contribution in [1.29, 1.82) is 0 Å². The first kappa shape index (κ1) is 29.8. The Bertz CT molecular complexity index is 920. The van der Waals surface area contributed by atoms with E-state index in [4.69, 9.17) is 0 Å². The van der Waals surface area contributed by atoms with E-state index in [1.807, 2.05) is 30.3 Å². The Labute approximate surface area is 215 Å². The minimum atomic E-state index is -4.24. The monoisotopic (exact) mass is 502 g/mol. The highest BCUT2D eigenvalue weighted by Crippen LogP contribution is 2.28. The first-order valence-corrected chi connectivity index (χ1v) is 16.0. The van der Waals surface area contributed by atoms with Gasteiger partial charge in [0, 0.05) is 5.39 Å². The van der Waals surface area contributed by atoms with Crippen LogP contribution < -0.4 is 0 Å². The smallest absolute Gasteiger partial charge is 0.282 e. The number of rotatable bonds is 21. The van der Waals surface area contributed by atoms with Gasteiger partial charge in [-0.05, 0) is 23.8 Å². The van der Waals surface area contributed by atoms with Crippen molar-refractivity contribution in [3.05, 3.63) is 42.0 Å². The fourth-order valence-electron chi connectivity index (χ4n) is 5.18. The lowest BCUT2D eigenvalue weighted by molar-refractivity contribution is 0.482. The molecule has 1 N–H and O–H groups in total. The molecule has 3 nitrogen and oxygen atoms in total. The molecular weight excluding hydrogens is 452 g/mol. The van der Waals surface area contributed by atoms with E-state index in [1.54, 1.807) is 6.07 Å².